The van der Waals surface area contributed by atoms with Crippen molar-refractivity contribution in [1.29, 1.82) is 0 Å². The first-order valence-electron chi connectivity index (χ1n) is 13.9. The van der Waals surface area contributed by atoms with E-state index in [4.69, 9.17) is 28.4 Å². The Kier molecular flexibility index (Phi) is 19.5. The van der Waals surface area contributed by atoms with Gasteiger partial charge >= 0.3 is 0 Å². The number of unbranched alkanes of at least 4 members (excludes halogenated alkanes) is 2. The van der Waals surface area contributed by atoms with Gasteiger partial charge in [-0.15, -0.1) is 11.3 Å². The highest BCUT2D eigenvalue weighted by Crippen LogP contribution is 2.32. The normalized spacial score (nSPS) is 15.0. The molecule has 1 aromatic rings. The molecule has 0 aliphatic rings. The van der Waals surface area contributed by atoms with Crippen LogP contribution in [0.4, 0.5) is 0 Å². The van der Waals surface area contributed by atoms with Crippen LogP contribution in [0.15, 0.2) is 10.8 Å². The minimum atomic E-state index is 0.0250. The van der Waals surface area contributed by atoms with Crippen LogP contribution in [0.2, 0.25) is 0 Å². The number of thiophene rings is 1. The SMILES string of the molecule is CCCCOC(CC)COC(CC)COc1cscc1OCC(CC)OCC(CC)OCCCC. The van der Waals surface area contributed by atoms with Crippen LogP contribution in [-0.4, -0.2) is 64.1 Å². The molecule has 0 saturated carbocycles. The standard InChI is InChI=1S/C28H52O6S/c1-7-13-15-29-23(9-3)17-31-25(11-5)19-33-27-21-35-22-28(27)34-20-26(12-6)32-18-24(10-4)30-16-14-8-2/h21-26H,7-20H2,1-6H3. The molecule has 0 aliphatic heterocycles. The van der Waals surface area contributed by atoms with Gasteiger partial charge < -0.3 is 28.4 Å². The number of hydrogen-bond donors (Lipinski definition) is 0. The van der Waals surface area contributed by atoms with Gasteiger partial charge in [-0.3, -0.25) is 0 Å². The zero-order valence-electron chi connectivity index (χ0n) is 23.2. The Labute approximate surface area is 219 Å². The van der Waals surface area contributed by atoms with E-state index in [1.165, 1.54) is 0 Å². The molecule has 0 saturated heterocycles. The van der Waals surface area contributed by atoms with Crippen LogP contribution >= 0.6 is 11.3 Å². The van der Waals surface area contributed by atoms with E-state index in [9.17, 15) is 0 Å². The third kappa shape index (κ3) is 14.5. The van der Waals surface area contributed by atoms with Gasteiger partial charge in [-0.1, -0.05) is 54.4 Å². The van der Waals surface area contributed by atoms with Gasteiger partial charge in [0, 0.05) is 24.0 Å². The quantitative estimate of drug-likeness (QED) is 0.135. The molecule has 6 nitrogen and oxygen atoms in total. The van der Waals surface area contributed by atoms with Crippen molar-refractivity contribution in [1.82, 2.24) is 0 Å². The number of hydrogen-bond acceptors (Lipinski definition) is 7. The summed E-state index contributed by atoms with van der Waals surface area (Å²) in [6, 6.07) is 0. The lowest BCUT2D eigenvalue weighted by Crippen LogP contribution is -2.28. The lowest BCUT2D eigenvalue weighted by molar-refractivity contribution is -0.0597. The molecule has 7 heteroatoms. The van der Waals surface area contributed by atoms with Crippen molar-refractivity contribution < 1.29 is 28.4 Å². The molecule has 0 fully saturated rings. The van der Waals surface area contributed by atoms with Crippen LogP contribution < -0.4 is 9.47 Å². The van der Waals surface area contributed by atoms with Gasteiger partial charge in [0.05, 0.1) is 37.6 Å². The summed E-state index contributed by atoms with van der Waals surface area (Å²) in [5.41, 5.74) is 0. The van der Waals surface area contributed by atoms with Gasteiger partial charge in [0.25, 0.3) is 0 Å². The topological polar surface area (TPSA) is 55.4 Å². The van der Waals surface area contributed by atoms with Crippen LogP contribution in [-0.2, 0) is 18.9 Å². The minimum absolute atomic E-state index is 0.0250. The Morgan fingerprint density at radius 3 is 1.26 bits per heavy atom. The zero-order chi connectivity index (χ0) is 25.7. The van der Waals surface area contributed by atoms with Crippen molar-refractivity contribution >= 4 is 11.3 Å². The second-order valence-corrected chi connectivity index (χ2v) is 9.70. The average molecular weight is 517 g/mol. The lowest BCUT2D eigenvalue weighted by Gasteiger charge is -2.22. The van der Waals surface area contributed by atoms with E-state index in [0.717, 1.165) is 76.1 Å². The Bertz CT molecular complexity index is 547. The fourth-order valence-corrected chi connectivity index (χ4v) is 3.94. The van der Waals surface area contributed by atoms with E-state index >= 15 is 0 Å². The summed E-state index contributed by atoms with van der Waals surface area (Å²) in [5.74, 6) is 1.54. The van der Waals surface area contributed by atoms with E-state index < -0.39 is 0 Å². The van der Waals surface area contributed by atoms with E-state index in [1.807, 2.05) is 10.8 Å². The van der Waals surface area contributed by atoms with E-state index in [2.05, 4.69) is 41.5 Å². The highest BCUT2D eigenvalue weighted by atomic mass is 32.1. The summed E-state index contributed by atoms with van der Waals surface area (Å²) in [5, 5.41) is 3.97. The molecule has 206 valence electrons. The number of rotatable bonds is 24. The molecule has 0 amide bonds. The molecule has 0 aromatic carbocycles. The third-order valence-corrected chi connectivity index (χ3v) is 6.70. The van der Waals surface area contributed by atoms with E-state index in [0.29, 0.717) is 26.4 Å². The minimum Gasteiger partial charge on any atom is -0.486 e. The van der Waals surface area contributed by atoms with Crippen molar-refractivity contribution in [2.24, 2.45) is 0 Å². The molecule has 1 rings (SSSR count). The van der Waals surface area contributed by atoms with Crippen molar-refractivity contribution in [3.63, 3.8) is 0 Å². The lowest BCUT2D eigenvalue weighted by atomic mass is 10.2. The van der Waals surface area contributed by atoms with Crippen LogP contribution in [0.1, 0.15) is 92.9 Å². The first kappa shape index (κ1) is 32.2. The molecular formula is C28H52O6S. The maximum Gasteiger partial charge on any atom is 0.172 e. The Balaban J connectivity index is 2.43. The second-order valence-electron chi connectivity index (χ2n) is 8.96. The molecule has 0 radical (unpaired) electrons. The van der Waals surface area contributed by atoms with Gasteiger partial charge in [0.2, 0.25) is 0 Å². The molecule has 1 aromatic heterocycles. The van der Waals surface area contributed by atoms with Crippen LogP contribution in [0, 0.1) is 0 Å². The molecule has 0 spiro atoms. The first-order chi connectivity index (χ1) is 17.1. The van der Waals surface area contributed by atoms with Crippen molar-refractivity contribution in [3.05, 3.63) is 10.8 Å². The summed E-state index contributed by atoms with van der Waals surface area (Å²) >= 11 is 1.58. The smallest absolute Gasteiger partial charge is 0.172 e. The molecule has 0 aliphatic carbocycles. The average Bonchev–Trinajstić information content (AvgIpc) is 3.33. The van der Waals surface area contributed by atoms with Gasteiger partial charge in [-0.05, 0) is 38.5 Å². The second kappa shape index (κ2) is 21.2. The molecule has 0 bridgehead atoms. The molecule has 4 unspecified atom stereocenters. The fourth-order valence-electron chi connectivity index (χ4n) is 3.26. The molecule has 0 N–H and O–H groups in total. The highest BCUT2D eigenvalue weighted by Gasteiger charge is 2.17. The van der Waals surface area contributed by atoms with Gasteiger partial charge in [0.15, 0.2) is 11.5 Å². The van der Waals surface area contributed by atoms with Gasteiger partial charge in [0.1, 0.15) is 13.2 Å². The maximum absolute atomic E-state index is 6.11. The fraction of sp³-hybridized carbons (Fsp3) is 0.857. The van der Waals surface area contributed by atoms with Gasteiger partial charge in [-0.2, -0.15) is 0 Å². The van der Waals surface area contributed by atoms with Crippen LogP contribution in [0.25, 0.3) is 0 Å². The van der Waals surface area contributed by atoms with Crippen LogP contribution in [0.3, 0.4) is 0 Å². The number of ether oxygens (including phenoxy) is 6. The predicted octanol–water partition coefficient (Wildman–Crippen LogP) is 7.29. The highest BCUT2D eigenvalue weighted by molar-refractivity contribution is 7.08. The summed E-state index contributed by atoms with van der Waals surface area (Å²) in [4.78, 5) is 0. The first-order valence-corrected chi connectivity index (χ1v) is 14.8. The third-order valence-electron chi connectivity index (χ3n) is 6.00. The zero-order valence-corrected chi connectivity index (χ0v) is 24.0. The largest absolute Gasteiger partial charge is 0.486 e. The maximum atomic E-state index is 6.11. The van der Waals surface area contributed by atoms with Crippen molar-refractivity contribution in [2.45, 2.75) is 117 Å². The predicted molar refractivity (Wildman–Crippen MR) is 145 cm³/mol. The van der Waals surface area contributed by atoms with Crippen molar-refractivity contribution in [3.8, 4) is 11.5 Å². The molecular weight excluding hydrogens is 464 g/mol. The molecule has 35 heavy (non-hydrogen) atoms. The summed E-state index contributed by atoms with van der Waals surface area (Å²) < 4.78 is 36.2. The summed E-state index contributed by atoms with van der Waals surface area (Å²) in [7, 11) is 0. The van der Waals surface area contributed by atoms with Crippen molar-refractivity contribution in [2.75, 3.05) is 39.6 Å². The molecule has 1 heterocycles. The van der Waals surface area contributed by atoms with E-state index in [1.54, 1.807) is 11.3 Å². The summed E-state index contributed by atoms with van der Waals surface area (Å²) in [6.45, 7) is 16.7. The Hall–Kier alpha value is -0.860. The summed E-state index contributed by atoms with van der Waals surface area (Å²) in [6.07, 6.45) is 8.48. The van der Waals surface area contributed by atoms with Gasteiger partial charge in [-0.25, -0.2) is 0 Å². The van der Waals surface area contributed by atoms with E-state index in [-0.39, 0.29) is 24.4 Å². The van der Waals surface area contributed by atoms with Crippen LogP contribution in [0.5, 0.6) is 11.5 Å². The Morgan fingerprint density at radius 1 is 0.543 bits per heavy atom. The Morgan fingerprint density at radius 2 is 0.914 bits per heavy atom. The molecule has 4 atom stereocenters. The monoisotopic (exact) mass is 516 g/mol.